The van der Waals surface area contributed by atoms with E-state index in [1.165, 1.54) is 0 Å². The third kappa shape index (κ3) is 3.24. The van der Waals surface area contributed by atoms with E-state index in [9.17, 15) is 4.79 Å². The van der Waals surface area contributed by atoms with Gasteiger partial charge in [0.1, 0.15) is 0 Å². The maximum atomic E-state index is 12.0. The van der Waals surface area contributed by atoms with Crippen molar-refractivity contribution in [1.29, 1.82) is 5.26 Å². The van der Waals surface area contributed by atoms with Crippen LogP contribution in [0.3, 0.4) is 0 Å². The minimum Gasteiger partial charge on any atom is -0.315 e. The molecule has 3 nitrogen and oxygen atoms in total. The monoisotopic (exact) mass is 248 g/mol. The highest BCUT2D eigenvalue weighted by atomic mass is 32.1. The van der Waals surface area contributed by atoms with E-state index < -0.39 is 0 Å². The van der Waals surface area contributed by atoms with Crippen molar-refractivity contribution >= 4 is 24.2 Å². The highest BCUT2D eigenvalue weighted by molar-refractivity contribution is 7.81. The number of nitriles is 1. The van der Waals surface area contributed by atoms with Gasteiger partial charge in [0.05, 0.1) is 16.9 Å². The van der Waals surface area contributed by atoms with Gasteiger partial charge in [0.15, 0.2) is 0 Å². The average molecular weight is 248 g/mol. The van der Waals surface area contributed by atoms with Crippen LogP contribution in [0.5, 0.6) is 0 Å². The maximum absolute atomic E-state index is 12.0. The van der Waals surface area contributed by atoms with Crippen LogP contribution in [-0.4, -0.2) is 18.2 Å². The van der Waals surface area contributed by atoms with Crippen molar-refractivity contribution in [3.05, 3.63) is 29.8 Å². The summed E-state index contributed by atoms with van der Waals surface area (Å²) in [5.74, 6) is 0.153. The summed E-state index contributed by atoms with van der Waals surface area (Å²) in [7, 11) is 1.72. The van der Waals surface area contributed by atoms with Crippen LogP contribution in [0.15, 0.2) is 24.3 Å². The van der Waals surface area contributed by atoms with Gasteiger partial charge in [-0.05, 0) is 30.2 Å². The van der Waals surface area contributed by atoms with Crippen molar-refractivity contribution in [1.82, 2.24) is 0 Å². The van der Waals surface area contributed by atoms with Crippen molar-refractivity contribution in [3.8, 4) is 6.07 Å². The number of nitrogens with zero attached hydrogens (tertiary/aromatic N) is 2. The van der Waals surface area contributed by atoms with Crippen molar-refractivity contribution in [3.63, 3.8) is 0 Å². The number of hydrogen-bond acceptors (Lipinski definition) is 3. The third-order valence-corrected chi connectivity index (χ3v) is 3.42. The molecule has 0 aliphatic rings. The number of thiol groups is 1. The number of benzene rings is 1. The maximum Gasteiger partial charge on any atom is 0.239 e. The second-order valence-electron chi connectivity index (χ2n) is 4.24. The van der Waals surface area contributed by atoms with Gasteiger partial charge in [0, 0.05) is 12.7 Å². The minimum absolute atomic E-state index is 0.0342. The molecule has 0 aromatic heterocycles. The highest BCUT2D eigenvalue weighted by Crippen LogP contribution is 2.18. The van der Waals surface area contributed by atoms with Gasteiger partial charge >= 0.3 is 0 Å². The molecule has 1 rings (SSSR count). The topological polar surface area (TPSA) is 44.1 Å². The summed E-state index contributed by atoms with van der Waals surface area (Å²) in [5, 5.41) is 8.38. The first-order chi connectivity index (χ1) is 7.97. The zero-order valence-corrected chi connectivity index (χ0v) is 11.1. The predicted octanol–water partition coefficient (Wildman–Crippen LogP) is 2.48. The Hall–Kier alpha value is -1.47. The van der Waals surface area contributed by atoms with E-state index in [0.29, 0.717) is 5.56 Å². The fourth-order valence-corrected chi connectivity index (χ4v) is 1.54. The van der Waals surface area contributed by atoms with Crippen molar-refractivity contribution < 1.29 is 4.79 Å². The molecule has 1 aromatic rings. The molecule has 1 amide bonds. The highest BCUT2D eigenvalue weighted by Gasteiger charge is 2.22. The summed E-state index contributed by atoms with van der Waals surface area (Å²) in [6.07, 6.45) is 0. The predicted molar refractivity (Wildman–Crippen MR) is 72.2 cm³/mol. The van der Waals surface area contributed by atoms with Crippen LogP contribution >= 0.6 is 12.6 Å². The van der Waals surface area contributed by atoms with Gasteiger partial charge in [-0.3, -0.25) is 4.79 Å². The lowest BCUT2D eigenvalue weighted by Gasteiger charge is -2.23. The number of hydrogen-bond donors (Lipinski definition) is 1. The number of carbonyl (C=O) groups excluding carboxylic acids is 1. The summed E-state index contributed by atoms with van der Waals surface area (Å²) in [6, 6.07) is 8.96. The Bertz CT molecular complexity index is 434. The largest absolute Gasteiger partial charge is 0.315 e. The van der Waals surface area contributed by atoms with E-state index >= 15 is 0 Å². The first kappa shape index (κ1) is 13.6. The Morgan fingerprint density at radius 2 is 1.88 bits per heavy atom. The lowest BCUT2D eigenvalue weighted by Crippen LogP contribution is -2.36. The third-order valence-electron chi connectivity index (χ3n) is 2.60. The van der Waals surface area contributed by atoms with Crippen molar-refractivity contribution in [2.24, 2.45) is 5.92 Å². The second-order valence-corrected chi connectivity index (χ2v) is 4.80. The Balaban J connectivity index is 2.85. The fraction of sp³-hybridized carbons (Fsp3) is 0.385. The normalized spacial score (nSPS) is 12.0. The van der Waals surface area contributed by atoms with E-state index in [0.717, 1.165) is 5.69 Å². The molecule has 0 heterocycles. The molecule has 1 aromatic carbocycles. The van der Waals surface area contributed by atoms with E-state index in [1.54, 1.807) is 36.2 Å². The quantitative estimate of drug-likeness (QED) is 0.835. The van der Waals surface area contributed by atoms with Crippen LogP contribution in [-0.2, 0) is 4.79 Å². The summed E-state index contributed by atoms with van der Waals surface area (Å²) in [4.78, 5) is 13.6. The molecule has 0 spiro atoms. The van der Waals surface area contributed by atoms with Gasteiger partial charge in [0.2, 0.25) is 5.91 Å². The average Bonchev–Trinajstić information content (AvgIpc) is 2.36. The number of anilines is 1. The molecule has 4 heteroatoms. The molecule has 17 heavy (non-hydrogen) atoms. The van der Waals surface area contributed by atoms with Gasteiger partial charge in [0.25, 0.3) is 0 Å². The van der Waals surface area contributed by atoms with Gasteiger partial charge in [-0.1, -0.05) is 13.8 Å². The zero-order chi connectivity index (χ0) is 13.0. The molecule has 0 bridgehead atoms. The SMILES string of the molecule is CC(C)C(S)C(=O)N(C)c1ccc(C#N)cc1. The molecule has 0 N–H and O–H groups in total. The first-order valence-corrected chi connectivity index (χ1v) is 5.94. The standard InChI is InChI=1S/C13H16N2OS/c1-9(2)12(17)13(16)15(3)11-6-4-10(8-14)5-7-11/h4-7,9,12,17H,1-3H3. The van der Waals surface area contributed by atoms with Crippen molar-refractivity contribution in [2.45, 2.75) is 19.1 Å². The van der Waals surface area contributed by atoms with Crippen LogP contribution in [0, 0.1) is 17.2 Å². The molecular formula is C13H16N2OS. The molecule has 0 aliphatic carbocycles. The first-order valence-electron chi connectivity index (χ1n) is 5.43. The molecule has 0 aliphatic heterocycles. The lowest BCUT2D eigenvalue weighted by atomic mass is 10.1. The molecule has 1 atom stereocenters. The number of rotatable bonds is 3. The van der Waals surface area contributed by atoms with E-state index in [-0.39, 0.29) is 17.1 Å². The Morgan fingerprint density at radius 3 is 2.29 bits per heavy atom. The Kier molecular flexibility index (Phi) is 4.59. The molecule has 0 fully saturated rings. The summed E-state index contributed by atoms with van der Waals surface area (Å²) < 4.78 is 0. The molecule has 1 unspecified atom stereocenters. The van der Waals surface area contributed by atoms with Crippen LogP contribution < -0.4 is 4.90 Å². The molecule has 0 radical (unpaired) electrons. The Morgan fingerprint density at radius 1 is 1.35 bits per heavy atom. The van der Waals surface area contributed by atoms with E-state index in [1.807, 2.05) is 19.9 Å². The fourth-order valence-electron chi connectivity index (χ4n) is 1.37. The number of amides is 1. The van der Waals surface area contributed by atoms with Gasteiger partial charge < -0.3 is 4.90 Å². The van der Waals surface area contributed by atoms with Crippen molar-refractivity contribution in [2.75, 3.05) is 11.9 Å². The van der Waals surface area contributed by atoms with E-state index in [4.69, 9.17) is 5.26 Å². The summed E-state index contributed by atoms with van der Waals surface area (Å²) in [6.45, 7) is 3.92. The molecule has 90 valence electrons. The smallest absolute Gasteiger partial charge is 0.239 e. The van der Waals surface area contributed by atoms with Crippen LogP contribution in [0.2, 0.25) is 0 Å². The van der Waals surface area contributed by atoms with Crippen LogP contribution in [0.1, 0.15) is 19.4 Å². The molecular weight excluding hydrogens is 232 g/mol. The summed E-state index contributed by atoms with van der Waals surface area (Å²) in [5.41, 5.74) is 1.36. The van der Waals surface area contributed by atoms with E-state index in [2.05, 4.69) is 12.6 Å². The van der Waals surface area contributed by atoms with Gasteiger partial charge in [-0.25, -0.2) is 0 Å². The molecule has 0 saturated heterocycles. The van der Waals surface area contributed by atoms with Gasteiger partial charge in [-0.2, -0.15) is 17.9 Å². The molecule has 0 saturated carbocycles. The summed E-state index contributed by atoms with van der Waals surface area (Å²) >= 11 is 4.30. The second kappa shape index (κ2) is 5.74. The van der Waals surface area contributed by atoms with Crippen LogP contribution in [0.4, 0.5) is 5.69 Å². The zero-order valence-electron chi connectivity index (χ0n) is 10.2. The minimum atomic E-state index is -0.310. The van der Waals surface area contributed by atoms with Crippen LogP contribution in [0.25, 0.3) is 0 Å². The number of carbonyl (C=O) groups is 1. The lowest BCUT2D eigenvalue weighted by molar-refractivity contribution is -0.118. The van der Waals surface area contributed by atoms with Gasteiger partial charge in [-0.15, -0.1) is 0 Å². The Labute approximate surface area is 107 Å².